The van der Waals surface area contributed by atoms with Gasteiger partial charge in [0, 0.05) is 65.2 Å². The lowest BCUT2D eigenvalue weighted by molar-refractivity contribution is 0.669. The SMILES string of the molecule is c1ccc(-n2c3ccccc3c3cc(-c4ccc5c(c4)c4ccccc4n5-c4ccc5oc6ccc(-c7ccc8c(c7)c7cccc9c%10ccccc%10n8c97)cc6c5c4)ccc32)cc1. The van der Waals surface area contributed by atoms with E-state index in [2.05, 4.69) is 226 Å². The second-order valence-corrected chi connectivity index (χ2v) is 17.3. The van der Waals surface area contributed by atoms with Crippen LogP contribution in [-0.4, -0.2) is 13.5 Å². The van der Waals surface area contributed by atoms with Gasteiger partial charge in [-0.3, -0.25) is 0 Å². The maximum absolute atomic E-state index is 6.51. The van der Waals surface area contributed by atoms with Gasteiger partial charge >= 0.3 is 0 Å². The summed E-state index contributed by atoms with van der Waals surface area (Å²) >= 11 is 0. The molecule has 0 atom stereocenters. The van der Waals surface area contributed by atoms with Crippen molar-refractivity contribution in [3.05, 3.63) is 212 Å². The summed E-state index contributed by atoms with van der Waals surface area (Å²) < 4.78 is 13.7. The molecule has 0 bridgehead atoms. The molecule has 0 saturated heterocycles. The lowest BCUT2D eigenvalue weighted by Crippen LogP contribution is -1.93. The topological polar surface area (TPSA) is 27.4 Å². The number of furan rings is 1. The Bertz CT molecular complexity index is 4420. The van der Waals surface area contributed by atoms with Gasteiger partial charge in [0.1, 0.15) is 11.2 Å². The van der Waals surface area contributed by atoms with E-state index in [0.717, 1.165) is 27.6 Å². The van der Waals surface area contributed by atoms with Crippen molar-refractivity contribution >= 4 is 104 Å². The third kappa shape index (κ3) is 4.56. The second-order valence-electron chi connectivity index (χ2n) is 17.3. The molecule has 15 rings (SSSR count). The Morgan fingerprint density at radius 3 is 1.30 bits per heavy atom. The summed E-state index contributed by atoms with van der Waals surface area (Å²) in [6.07, 6.45) is 0. The zero-order valence-electron chi connectivity index (χ0n) is 34.5. The van der Waals surface area contributed by atoms with E-state index in [0.29, 0.717) is 0 Å². The van der Waals surface area contributed by atoms with Gasteiger partial charge in [-0.05, 0) is 119 Å². The predicted octanol–water partition coefficient (Wildman–Crippen LogP) is 16.3. The van der Waals surface area contributed by atoms with E-state index in [1.165, 1.54) is 110 Å². The van der Waals surface area contributed by atoms with Crippen molar-refractivity contribution in [2.24, 2.45) is 0 Å². The van der Waals surface area contributed by atoms with E-state index >= 15 is 0 Å². The normalized spacial score (nSPS) is 12.4. The first kappa shape index (κ1) is 34.0. The van der Waals surface area contributed by atoms with Crippen molar-refractivity contribution in [1.29, 1.82) is 0 Å². The standard InChI is InChI=1S/C60H35N3O/c1-2-11-40(12-3-1)61-52-18-7-5-14-43(52)47-31-36(21-26-55(47)61)37-22-27-56-48(32-37)44-15-6-8-19-53(44)62(56)41-25-30-59-51(35-41)50-34-39(24-29-58(50)64-59)38-23-28-57-49(33-38)46-17-10-16-45-42-13-4-9-20-54(42)63(57)60(45)46/h1-35H. The van der Waals surface area contributed by atoms with Gasteiger partial charge in [0.2, 0.25) is 0 Å². The average molecular weight is 814 g/mol. The fourth-order valence-corrected chi connectivity index (χ4v) is 11.1. The Kier molecular flexibility index (Phi) is 6.65. The van der Waals surface area contributed by atoms with Crippen molar-refractivity contribution in [3.63, 3.8) is 0 Å². The lowest BCUT2D eigenvalue weighted by atomic mass is 10.00. The first-order valence-corrected chi connectivity index (χ1v) is 22.0. The molecule has 5 aromatic heterocycles. The minimum absolute atomic E-state index is 0.884. The summed E-state index contributed by atoms with van der Waals surface area (Å²) in [4.78, 5) is 0. The van der Waals surface area contributed by atoms with Crippen molar-refractivity contribution < 1.29 is 4.42 Å². The van der Waals surface area contributed by atoms with Crippen LogP contribution in [0, 0.1) is 0 Å². The summed E-state index contributed by atoms with van der Waals surface area (Å²) in [5.74, 6) is 0. The predicted molar refractivity (Wildman–Crippen MR) is 268 cm³/mol. The number of rotatable bonds is 4. The molecule has 64 heavy (non-hydrogen) atoms. The Balaban J connectivity index is 0.860. The molecule has 0 N–H and O–H groups in total. The highest BCUT2D eigenvalue weighted by Gasteiger charge is 2.20. The molecule has 0 saturated carbocycles. The molecule has 0 aliphatic heterocycles. The number of hydrogen-bond donors (Lipinski definition) is 0. The molecular weight excluding hydrogens is 779 g/mol. The molecule has 0 aliphatic rings. The fourth-order valence-electron chi connectivity index (χ4n) is 11.1. The van der Waals surface area contributed by atoms with E-state index in [-0.39, 0.29) is 0 Å². The minimum Gasteiger partial charge on any atom is -0.456 e. The van der Waals surface area contributed by atoms with E-state index in [1.807, 2.05) is 0 Å². The van der Waals surface area contributed by atoms with Crippen molar-refractivity contribution in [2.45, 2.75) is 0 Å². The van der Waals surface area contributed by atoms with Gasteiger partial charge in [0.05, 0.1) is 38.6 Å². The van der Waals surface area contributed by atoms with Crippen LogP contribution in [-0.2, 0) is 0 Å². The quantitative estimate of drug-likeness (QED) is 0.174. The summed E-state index contributed by atoms with van der Waals surface area (Å²) in [6.45, 7) is 0. The van der Waals surface area contributed by atoms with Crippen molar-refractivity contribution in [1.82, 2.24) is 13.5 Å². The lowest BCUT2D eigenvalue weighted by Gasteiger charge is -2.09. The smallest absolute Gasteiger partial charge is 0.135 e. The molecule has 10 aromatic carbocycles. The van der Waals surface area contributed by atoms with Crippen LogP contribution >= 0.6 is 0 Å². The molecule has 0 radical (unpaired) electrons. The van der Waals surface area contributed by atoms with Crippen LogP contribution in [0.1, 0.15) is 0 Å². The summed E-state index contributed by atoms with van der Waals surface area (Å²) in [6, 6.07) is 77.7. The largest absolute Gasteiger partial charge is 0.456 e. The zero-order chi connectivity index (χ0) is 41.6. The van der Waals surface area contributed by atoms with Crippen molar-refractivity contribution in [3.8, 4) is 33.6 Å². The van der Waals surface area contributed by atoms with Gasteiger partial charge in [-0.15, -0.1) is 0 Å². The molecular formula is C60H35N3O. The van der Waals surface area contributed by atoms with Crippen LogP contribution in [0.5, 0.6) is 0 Å². The molecule has 4 nitrogen and oxygen atoms in total. The average Bonchev–Trinajstić information content (AvgIpc) is 4.16. The van der Waals surface area contributed by atoms with Crippen LogP contribution in [0.15, 0.2) is 217 Å². The molecule has 0 aliphatic carbocycles. The number of fused-ring (bicyclic) bond motifs is 15. The molecule has 15 aromatic rings. The highest BCUT2D eigenvalue weighted by atomic mass is 16.3. The number of hydrogen-bond acceptors (Lipinski definition) is 1. The number of benzene rings is 10. The van der Waals surface area contributed by atoms with E-state index < -0.39 is 0 Å². The Hall–Kier alpha value is -8.60. The number of nitrogens with zero attached hydrogens (tertiary/aromatic N) is 3. The van der Waals surface area contributed by atoms with Gasteiger partial charge in [-0.2, -0.15) is 0 Å². The third-order valence-electron chi connectivity index (χ3n) is 14.0. The Labute approximate surface area is 366 Å². The van der Waals surface area contributed by atoms with Gasteiger partial charge in [0.15, 0.2) is 0 Å². The monoisotopic (exact) mass is 813 g/mol. The maximum atomic E-state index is 6.51. The van der Waals surface area contributed by atoms with Gasteiger partial charge < -0.3 is 18.0 Å². The molecule has 0 unspecified atom stereocenters. The molecule has 4 heteroatoms. The molecule has 296 valence electrons. The van der Waals surface area contributed by atoms with Crippen LogP contribution in [0.2, 0.25) is 0 Å². The van der Waals surface area contributed by atoms with Gasteiger partial charge in [0.25, 0.3) is 0 Å². The third-order valence-corrected chi connectivity index (χ3v) is 14.0. The highest BCUT2D eigenvalue weighted by Crippen LogP contribution is 2.43. The zero-order valence-corrected chi connectivity index (χ0v) is 34.5. The van der Waals surface area contributed by atoms with Gasteiger partial charge in [-0.1, -0.05) is 115 Å². The van der Waals surface area contributed by atoms with E-state index in [1.54, 1.807) is 0 Å². The maximum Gasteiger partial charge on any atom is 0.135 e. The van der Waals surface area contributed by atoms with Crippen LogP contribution in [0.3, 0.4) is 0 Å². The van der Waals surface area contributed by atoms with Gasteiger partial charge in [-0.25, -0.2) is 0 Å². The molecule has 5 heterocycles. The second kappa shape index (κ2) is 12.5. The van der Waals surface area contributed by atoms with E-state index in [4.69, 9.17) is 4.42 Å². The van der Waals surface area contributed by atoms with Crippen LogP contribution in [0.25, 0.3) is 137 Å². The number of para-hydroxylation sites is 5. The Morgan fingerprint density at radius 2 is 0.656 bits per heavy atom. The Morgan fingerprint density at radius 1 is 0.250 bits per heavy atom. The first-order valence-electron chi connectivity index (χ1n) is 22.0. The number of aromatic nitrogens is 3. The van der Waals surface area contributed by atoms with E-state index in [9.17, 15) is 0 Å². The van der Waals surface area contributed by atoms with Crippen LogP contribution in [0.4, 0.5) is 0 Å². The fraction of sp³-hybridized carbons (Fsp3) is 0. The summed E-state index contributed by atoms with van der Waals surface area (Å²) in [5.41, 5.74) is 17.4. The molecule has 0 spiro atoms. The molecule has 0 fully saturated rings. The van der Waals surface area contributed by atoms with Crippen LogP contribution < -0.4 is 0 Å². The highest BCUT2D eigenvalue weighted by molar-refractivity contribution is 6.24. The summed E-state index contributed by atoms with van der Waals surface area (Å²) in [7, 11) is 0. The summed E-state index contributed by atoms with van der Waals surface area (Å²) in [5, 5.41) is 12.3. The first-order chi connectivity index (χ1) is 31.7. The van der Waals surface area contributed by atoms with Crippen molar-refractivity contribution in [2.75, 3.05) is 0 Å². The molecule has 0 amide bonds. The minimum atomic E-state index is 0.884.